The summed E-state index contributed by atoms with van der Waals surface area (Å²) in [6.07, 6.45) is 0.665. The van der Waals surface area contributed by atoms with E-state index in [1.54, 1.807) is 6.07 Å². The number of carbonyl (C=O) groups is 1. The molecule has 0 aliphatic rings. The Balaban J connectivity index is 3.00. The van der Waals surface area contributed by atoms with Crippen LogP contribution in [-0.2, 0) is 0 Å². The Hall–Kier alpha value is -1.11. The Morgan fingerprint density at radius 3 is 2.80 bits per heavy atom. The van der Waals surface area contributed by atoms with Gasteiger partial charge in [-0.1, -0.05) is 23.4 Å². The summed E-state index contributed by atoms with van der Waals surface area (Å²) in [6, 6.07) is 4.53. The summed E-state index contributed by atoms with van der Waals surface area (Å²) < 4.78 is 0. The molecule has 15 heavy (non-hydrogen) atoms. The van der Waals surface area contributed by atoms with Crippen LogP contribution in [0.5, 0.6) is 0 Å². The molecule has 0 aliphatic heterocycles. The van der Waals surface area contributed by atoms with Gasteiger partial charge in [0.05, 0.1) is 5.56 Å². The zero-order chi connectivity index (χ0) is 11.3. The van der Waals surface area contributed by atoms with Gasteiger partial charge in [0.1, 0.15) is 0 Å². The standard InChI is InChI=1S/C11H9ClO2S/c12-10-6-8(3-1-2-4-15)5-9(7-10)11(13)14/h5-7,15H,2,4H2,(H,13,14). The first-order valence-corrected chi connectivity index (χ1v) is 5.28. The Bertz CT molecular complexity index is 432. The van der Waals surface area contributed by atoms with E-state index in [4.69, 9.17) is 16.7 Å². The highest BCUT2D eigenvalue weighted by molar-refractivity contribution is 7.80. The third kappa shape index (κ3) is 3.86. The molecule has 78 valence electrons. The maximum atomic E-state index is 10.7. The van der Waals surface area contributed by atoms with E-state index in [1.807, 2.05) is 0 Å². The van der Waals surface area contributed by atoms with E-state index in [9.17, 15) is 4.79 Å². The molecule has 0 spiro atoms. The fourth-order valence-electron chi connectivity index (χ4n) is 1.01. The number of hydrogen-bond acceptors (Lipinski definition) is 2. The second-order valence-electron chi connectivity index (χ2n) is 2.81. The van der Waals surface area contributed by atoms with Crippen LogP contribution in [0.25, 0.3) is 0 Å². The lowest BCUT2D eigenvalue weighted by atomic mass is 10.1. The van der Waals surface area contributed by atoms with E-state index in [-0.39, 0.29) is 5.56 Å². The molecule has 0 radical (unpaired) electrons. The van der Waals surface area contributed by atoms with E-state index in [0.717, 1.165) is 0 Å². The number of carboxylic acid groups (broad SMARTS) is 1. The number of benzene rings is 1. The minimum atomic E-state index is -1.00. The van der Waals surface area contributed by atoms with Gasteiger partial charge in [0.25, 0.3) is 0 Å². The van der Waals surface area contributed by atoms with E-state index >= 15 is 0 Å². The lowest BCUT2D eigenvalue weighted by Gasteiger charge is -1.97. The third-order valence-electron chi connectivity index (χ3n) is 1.61. The average Bonchev–Trinajstić information content (AvgIpc) is 2.17. The summed E-state index contributed by atoms with van der Waals surface area (Å²) in [5.74, 6) is 5.38. The van der Waals surface area contributed by atoms with Gasteiger partial charge in [-0.2, -0.15) is 12.6 Å². The topological polar surface area (TPSA) is 37.3 Å². The largest absolute Gasteiger partial charge is 0.478 e. The zero-order valence-corrected chi connectivity index (χ0v) is 9.48. The molecule has 0 saturated heterocycles. The van der Waals surface area contributed by atoms with E-state index in [1.165, 1.54) is 12.1 Å². The van der Waals surface area contributed by atoms with Crippen molar-refractivity contribution in [2.24, 2.45) is 0 Å². The number of hydrogen-bond donors (Lipinski definition) is 2. The predicted molar refractivity (Wildman–Crippen MR) is 63.8 cm³/mol. The molecule has 0 fully saturated rings. The van der Waals surface area contributed by atoms with E-state index in [0.29, 0.717) is 22.8 Å². The first-order valence-electron chi connectivity index (χ1n) is 4.27. The normalized spacial score (nSPS) is 9.20. The third-order valence-corrected chi connectivity index (χ3v) is 2.06. The first-order chi connectivity index (χ1) is 7.13. The van der Waals surface area contributed by atoms with Crippen LogP contribution in [0.1, 0.15) is 22.3 Å². The molecule has 4 heteroatoms. The lowest BCUT2D eigenvalue weighted by Crippen LogP contribution is -1.96. The molecule has 1 N–H and O–H groups in total. The SMILES string of the molecule is O=C(O)c1cc(Cl)cc(C#CCCS)c1. The van der Waals surface area contributed by atoms with Crippen molar-refractivity contribution < 1.29 is 9.90 Å². The molecule has 0 heterocycles. The van der Waals surface area contributed by atoms with Crippen molar-refractivity contribution in [1.29, 1.82) is 0 Å². The van der Waals surface area contributed by atoms with Crippen molar-refractivity contribution in [2.75, 3.05) is 5.75 Å². The van der Waals surface area contributed by atoms with Crippen molar-refractivity contribution in [3.63, 3.8) is 0 Å². The van der Waals surface area contributed by atoms with Gasteiger partial charge in [0.2, 0.25) is 0 Å². The molecular formula is C11H9ClO2S. The Morgan fingerprint density at radius 2 is 2.20 bits per heavy atom. The van der Waals surface area contributed by atoms with Gasteiger partial charge in [-0.3, -0.25) is 0 Å². The molecule has 1 rings (SSSR count). The van der Waals surface area contributed by atoms with Crippen molar-refractivity contribution >= 4 is 30.2 Å². The highest BCUT2D eigenvalue weighted by Gasteiger charge is 2.04. The number of rotatable bonds is 2. The highest BCUT2D eigenvalue weighted by Crippen LogP contribution is 2.14. The predicted octanol–water partition coefficient (Wildman–Crippen LogP) is 2.71. The quantitative estimate of drug-likeness (QED) is 0.616. The molecule has 0 atom stereocenters. The van der Waals surface area contributed by atoms with Crippen molar-refractivity contribution in [2.45, 2.75) is 6.42 Å². The molecule has 1 aromatic rings. The van der Waals surface area contributed by atoms with Gasteiger partial charge >= 0.3 is 5.97 Å². The van der Waals surface area contributed by atoms with Crippen LogP contribution in [0.4, 0.5) is 0 Å². The Labute approximate surface area is 98.7 Å². The number of carboxylic acids is 1. The minimum Gasteiger partial charge on any atom is -0.478 e. The number of aromatic carboxylic acids is 1. The lowest BCUT2D eigenvalue weighted by molar-refractivity contribution is 0.0697. The fraction of sp³-hybridized carbons (Fsp3) is 0.182. The fourth-order valence-corrected chi connectivity index (χ4v) is 1.35. The Kier molecular flexibility index (Phi) is 4.54. The smallest absolute Gasteiger partial charge is 0.335 e. The van der Waals surface area contributed by atoms with Crippen molar-refractivity contribution in [3.8, 4) is 11.8 Å². The number of halogens is 1. The van der Waals surface area contributed by atoms with Gasteiger partial charge < -0.3 is 5.11 Å². The first kappa shape index (κ1) is 12.0. The van der Waals surface area contributed by atoms with Gasteiger partial charge in [-0.25, -0.2) is 4.79 Å². The monoisotopic (exact) mass is 240 g/mol. The van der Waals surface area contributed by atoms with Crippen LogP contribution in [0, 0.1) is 11.8 Å². The molecule has 0 aliphatic carbocycles. The summed E-state index contributed by atoms with van der Waals surface area (Å²) in [7, 11) is 0. The van der Waals surface area contributed by atoms with E-state index < -0.39 is 5.97 Å². The molecule has 0 bridgehead atoms. The minimum absolute atomic E-state index is 0.151. The summed E-state index contributed by atoms with van der Waals surface area (Å²) >= 11 is 9.78. The second-order valence-corrected chi connectivity index (χ2v) is 3.69. The van der Waals surface area contributed by atoms with Crippen molar-refractivity contribution in [1.82, 2.24) is 0 Å². The molecular weight excluding hydrogens is 232 g/mol. The summed E-state index contributed by atoms with van der Waals surface area (Å²) in [6.45, 7) is 0. The van der Waals surface area contributed by atoms with Crippen LogP contribution >= 0.6 is 24.2 Å². The molecule has 0 saturated carbocycles. The molecule has 0 unspecified atom stereocenters. The summed E-state index contributed by atoms with van der Waals surface area (Å²) in [5, 5.41) is 9.17. The van der Waals surface area contributed by atoms with Gasteiger partial charge in [0, 0.05) is 22.8 Å². The Morgan fingerprint density at radius 1 is 1.47 bits per heavy atom. The van der Waals surface area contributed by atoms with E-state index in [2.05, 4.69) is 24.5 Å². The summed E-state index contributed by atoms with van der Waals surface area (Å²) in [4.78, 5) is 10.7. The van der Waals surface area contributed by atoms with Crippen LogP contribution < -0.4 is 0 Å². The van der Waals surface area contributed by atoms with Gasteiger partial charge in [-0.15, -0.1) is 0 Å². The maximum absolute atomic E-state index is 10.7. The molecule has 2 nitrogen and oxygen atoms in total. The second kappa shape index (κ2) is 5.69. The molecule has 1 aromatic carbocycles. The van der Waals surface area contributed by atoms with Gasteiger partial charge in [-0.05, 0) is 18.2 Å². The van der Waals surface area contributed by atoms with Gasteiger partial charge in [0.15, 0.2) is 0 Å². The van der Waals surface area contributed by atoms with Crippen LogP contribution in [0.3, 0.4) is 0 Å². The highest BCUT2D eigenvalue weighted by atomic mass is 35.5. The number of thiol groups is 1. The summed E-state index contributed by atoms with van der Waals surface area (Å²) in [5.41, 5.74) is 0.763. The average molecular weight is 241 g/mol. The molecule has 0 aromatic heterocycles. The van der Waals surface area contributed by atoms with Crippen LogP contribution in [-0.4, -0.2) is 16.8 Å². The molecule has 0 amide bonds. The van der Waals surface area contributed by atoms with Crippen LogP contribution in [0.15, 0.2) is 18.2 Å². The maximum Gasteiger partial charge on any atom is 0.335 e. The van der Waals surface area contributed by atoms with Crippen molar-refractivity contribution in [3.05, 3.63) is 34.3 Å². The zero-order valence-electron chi connectivity index (χ0n) is 7.83. The van der Waals surface area contributed by atoms with Crippen LogP contribution in [0.2, 0.25) is 5.02 Å².